The molecule has 4 atom stereocenters. The lowest BCUT2D eigenvalue weighted by Crippen LogP contribution is -2.55. The largest absolute Gasteiger partial charge is 0.496 e. The van der Waals surface area contributed by atoms with Gasteiger partial charge in [-0.05, 0) is 50.8 Å². The maximum Gasteiger partial charge on any atom is 0.435 e. The van der Waals surface area contributed by atoms with Crippen molar-refractivity contribution in [3.63, 3.8) is 0 Å². The van der Waals surface area contributed by atoms with Gasteiger partial charge in [-0.1, -0.05) is 12.2 Å². The third-order valence-electron chi connectivity index (χ3n) is 9.11. The molecule has 0 radical (unpaired) electrons. The highest BCUT2D eigenvalue weighted by molar-refractivity contribution is 5.93. The van der Waals surface area contributed by atoms with E-state index in [1.807, 2.05) is 0 Å². The van der Waals surface area contributed by atoms with E-state index in [1.54, 1.807) is 37.1 Å². The summed E-state index contributed by atoms with van der Waals surface area (Å²) in [6, 6.07) is 3.99. The number of allylic oxidation sites excluding steroid dienone is 1. The van der Waals surface area contributed by atoms with Crippen LogP contribution in [-0.2, 0) is 15.8 Å². The molecule has 3 heterocycles. The van der Waals surface area contributed by atoms with Gasteiger partial charge >= 0.3 is 18.2 Å². The molecule has 1 aliphatic carbocycles. The normalized spacial score (nSPS) is 21.7. The van der Waals surface area contributed by atoms with Crippen molar-refractivity contribution >= 4 is 28.8 Å². The highest BCUT2D eigenvalue weighted by Crippen LogP contribution is 2.45. The highest BCUT2D eigenvalue weighted by atomic mass is 19.4. The molecule has 0 bridgehead atoms. The maximum atomic E-state index is 13.8. The van der Waals surface area contributed by atoms with Gasteiger partial charge in [0.1, 0.15) is 29.2 Å². The second-order valence-electron chi connectivity index (χ2n) is 12.4. The van der Waals surface area contributed by atoms with Crippen LogP contribution < -0.4 is 14.8 Å². The van der Waals surface area contributed by atoms with Gasteiger partial charge in [-0.2, -0.15) is 18.3 Å². The van der Waals surface area contributed by atoms with E-state index in [1.165, 1.54) is 24.2 Å². The molecule has 12 nitrogen and oxygen atoms in total. The molecule has 2 fully saturated rings. The van der Waals surface area contributed by atoms with Crippen molar-refractivity contribution in [3.05, 3.63) is 67.0 Å². The molecule has 5 rings (SSSR count). The number of carbonyl (C=O) groups excluding carboxylic acids is 2. The number of unbranched alkanes of at least 4 members (excludes halogenated alkanes) is 2. The van der Waals surface area contributed by atoms with E-state index in [-0.39, 0.29) is 36.9 Å². The Bertz CT molecular complexity index is 1780. The summed E-state index contributed by atoms with van der Waals surface area (Å²) >= 11 is 0. The Balaban J connectivity index is 1.48. The van der Waals surface area contributed by atoms with Crippen LogP contribution in [0.1, 0.15) is 43.4 Å². The number of nitrogens with one attached hydrogen (secondary N) is 1. The van der Waals surface area contributed by atoms with Crippen LogP contribution in [0, 0.1) is 12.8 Å². The third-order valence-corrected chi connectivity index (χ3v) is 9.11. The second kappa shape index (κ2) is 13.8. The summed E-state index contributed by atoms with van der Waals surface area (Å²) in [5.41, 5.74) is -1.62. The fourth-order valence-electron chi connectivity index (χ4n) is 6.21. The molecule has 15 heteroatoms. The molecule has 1 aromatic carbocycles. The lowest BCUT2D eigenvalue weighted by atomic mass is 10.1. The first-order chi connectivity index (χ1) is 23.2. The molecule has 262 valence electrons. The predicted octanol–water partition coefficient (Wildman–Crippen LogP) is 5.13. The second-order valence-corrected chi connectivity index (χ2v) is 12.4. The van der Waals surface area contributed by atoms with E-state index < -0.39 is 47.5 Å². The van der Waals surface area contributed by atoms with Crippen LogP contribution >= 0.6 is 0 Å². The summed E-state index contributed by atoms with van der Waals surface area (Å²) in [6.45, 7) is 9.50. The van der Waals surface area contributed by atoms with Crippen molar-refractivity contribution in [1.29, 1.82) is 0 Å². The number of likely N-dealkylation sites (N-methyl/N-ethyl adjacent to an activating group) is 1. The molecule has 3 aromatic rings. The number of aromatic nitrogens is 3. The van der Waals surface area contributed by atoms with Crippen LogP contribution in [0.15, 0.2) is 55.8 Å². The zero-order valence-electron chi connectivity index (χ0n) is 27.5. The Kier molecular flexibility index (Phi) is 9.92. The van der Waals surface area contributed by atoms with E-state index in [4.69, 9.17) is 9.47 Å². The highest BCUT2D eigenvalue weighted by Gasteiger charge is 2.61. The van der Waals surface area contributed by atoms with E-state index in [0.29, 0.717) is 35.2 Å². The Morgan fingerprint density at radius 1 is 1.20 bits per heavy atom. The summed E-state index contributed by atoms with van der Waals surface area (Å²) in [5, 5.41) is 16.7. The van der Waals surface area contributed by atoms with Crippen molar-refractivity contribution in [2.24, 2.45) is 5.92 Å². The minimum atomic E-state index is -4.67. The summed E-state index contributed by atoms with van der Waals surface area (Å²) in [7, 11) is 3.13. The monoisotopic (exact) mass is 684 g/mol. The van der Waals surface area contributed by atoms with Gasteiger partial charge in [-0.25, -0.2) is 19.3 Å². The molecular weight excluding hydrogens is 645 g/mol. The van der Waals surface area contributed by atoms with E-state index in [0.717, 1.165) is 29.8 Å². The van der Waals surface area contributed by atoms with E-state index in [9.17, 15) is 32.7 Å². The minimum absolute atomic E-state index is 0.0430. The first-order valence-corrected chi connectivity index (χ1v) is 15.8. The maximum absolute atomic E-state index is 13.8. The van der Waals surface area contributed by atoms with Gasteiger partial charge < -0.3 is 29.7 Å². The summed E-state index contributed by atoms with van der Waals surface area (Å²) in [4.78, 5) is 47.0. The fourth-order valence-corrected chi connectivity index (χ4v) is 6.21. The topological polar surface area (TPSA) is 139 Å². The predicted molar refractivity (Wildman–Crippen MR) is 174 cm³/mol. The Morgan fingerprint density at radius 3 is 2.57 bits per heavy atom. The number of carboxylic acids is 1. The van der Waals surface area contributed by atoms with Crippen LogP contribution in [0.25, 0.3) is 16.7 Å². The summed E-state index contributed by atoms with van der Waals surface area (Å²) in [6.07, 6.45) is 1.58. The smallest absolute Gasteiger partial charge is 0.435 e. The number of pyridine rings is 1. The minimum Gasteiger partial charge on any atom is -0.496 e. The zero-order valence-corrected chi connectivity index (χ0v) is 27.5. The number of amides is 3. The number of halogens is 3. The van der Waals surface area contributed by atoms with Crippen molar-refractivity contribution in [1.82, 2.24) is 29.9 Å². The van der Waals surface area contributed by atoms with Crippen LogP contribution in [0.4, 0.5) is 18.0 Å². The molecule has 1 aliphatic heterocycles. The third kappa shape index (κ3) is 7.06. The molecule has 3 amide bonds. The van der Waals surface area contributed by atoms with Crippen molar-refractivity contribution in [3.8, 4) is 17.3 Å². The van der Waals surface area contributed by atoms with Gasteiger partial charge in [0.15, 0.2) is 11.5 Å². The number of nitrogens with zero attached hydrogens (tertiary/aromatic N) is 5. The molecule has 1 saturated heterocycles. The van der Waals surface area contributed by atoms with Crippen LogP contribution in [0.3, 0.4) is 0 Å². The zero-order chi connectivity index (χ0) is 35.7. The molecule has 49 heavy (non-hydrogen) atoms. The first-order valence-electron chi connectivity index (χ1n) is 15.8. The van der Waals surface area contributed by atoms with Gasteiger partial charge in [0, 0.05) is 49.1 Å². The number of alkyl halides is 3. The van der Waals surface area contributed by atoms with Gasteiger partial charge in [-0.15, -0.1) is 13.2 Å². The number of methoxy groups -OCH3 is 1. The number of aliphatic carboxylic acids is 1. The fraction of sp³-hybridized carbons (Fsp3) is 0.441. The summed E-state index contributed by atoms with van der Waals surface area (Å²) < 4.78 is 53.1. The van der Waals surface area contributed by atoms with Gasteiger partial charge in [-0.3, -0.25) is 4.79 Å². The van der Waals surface area contributed by atoms with Crippen LogP contribution in [0.2, 0.25) is 0 Å². The summed E-state index contributed by atoms with van der Waals surface area (Å²) in [5.74, 6) is -1.22. The van der Waals surface area contributed by atoms with Gasteiger partial charge in [0.2, 0.25) is 5.91 Å². The van der Waals surface area contributed by atoms with Gasteiger partial charge in [0.05, 0.1) is 19.2 Å². The first kappa shape index (κ1) is 35.2. The van der Waals surface area contributed by atoms with Crippen LogP contribution in [0.5, 0.6) is 11.5 Å². The molecular formula is C34H39F3N6O6. The quantitative estimate of drug-likeness (QED) is 0.187. The average molecular weight is 685 g/mol. The van der Waals surface area contributed by atoms with Crippen molar-refractivity contribution in [2.45, 2.75) is 62.9 Å². The Labute approximate surface area is 281 Å². The molecule has 2 aromatic heterocycles. The van der Waals surface area contributed by atoms with Crippen molar-refractivity contribution in [2.75, 3.05) is 27.2 Å². The Hall–Kier alpha value is -5.08. The molecule has 2 aliphatic rings. The molecule has 2 N–H and O–H groups in total. The number of carboxylic acid groups (broad SMARTS) is 1. The number of aryl methyl sites for hydroxylation is 1. The standard InChI is InChI=1S/C34H39F3N6O6/c1-6-8-9-10-14-41(4)30(44)24-16-22(19-42(24)32(47)39-33(31(45)46)18-21(33)7-2)49-26-17-28(43-15-13-27(40-43)34(35,36)37)38-29-20(3)25(48-5)12-11-23(26)29/h6-7,11-13,15,17,21-22,24H,1-2,8-10,14,16,18-19H2,3-5H3,(H,39,47)(H,45,46)/t21-,22+,24+,33-/m1/s1. The van der Waals surface area contributed by atoms with E-state index >= 15 is 0 Å². The lowest BCUT2D eigenvalue weighted by Gasteiger charge is -2.29. The van der Waals surface area contributed by atoms with E-state index in [2.05, 4.69) is 28.6 Å². The molecule has 0 spiro atoms. The van der Waals surface area contributed by atoms with Crippen molar-refractivity contribution < 1.29 is 42.1 Å². The Morgan fingerprint density at radius 2 is 1.96 bits per heavy atom. The number of urea groups is 1. The number of fused-ring (bicyclic) bond motifs is 1. The van der Waals surface area contributed by atoms with Gasteiger partial charge in [0.25, 0.3) is 0 Å². The number of ether oxygens (including phenoxy) is 2. The number of hydrogen-bond acceptors (Lipinski definition) is 7. The number of hydrogen-bond donors (Lipinski definition) is 2. The number of rotatable bonds is 13. The van der Waals surface area contributed by atoms with Crippen LogP contribution in [-0.4, -0.2) is 92.5 Å². The lowest BCUT2D eigenvalue weighted by molar-refractivity contribution is -0.142. The SMILES string of the molecule is C=CCCCCN(C)C(=O)[C@@H]1C[C@H](Oc2cc(-n3ccc(C(F)(F)F)n3)nc3c(C)c(OC)ccc23)CN1C(=O)N[C@]1(C(=O)O)C[C@H]1C=C. The average Bonchev–Trinajstić information content (AvgIpc) is 3.36. The number of benzene rings is 1. The molecule has 1 saturated carbocycles. The molecule has 0 unspecified atom stereocenters. The number of likely N-dealkylation sites (tertiary alicyclic amines) is 1. The number of carbonyl (C=O) groups is 3.